The first-order valence-corrected chi connectivity index (χ1v) is 7.40. The fourth-order valence-electron chi connectivity index (χ4n) is 2.50. The molecule has 21 heavy (non-hydrogen) atoms. The average molecular weight is 298 g/mol. The summed E-state index contributed by atoms with van der Waals surface area (Å²) in [7, 11) is 4.08. The lowest BCUT2D eigenvalue weighted by Crippen LogP contribution is -2.49. The number of furan rings is 1. The molecule has 0 radical (unpaired) electrons. The van der Waals surface area contributed by atoms with Gasteiger partial charge in [-0.2, -0.15) is 0 Å². The van der Waals surface area contributed by atoms with Gasteiger partial charge in [0.25, 0.3) is 0 Å². The highest BCUT2D eigenvalue weighted by molar-refractivity contribution is 4.96. The van der Waals surface area contributed by atoms with Crippen molar-refractivity contribution in [2.45, 2.75) is 18.8 Å². The molecule has 0 aromatic carbocycles. The smallest absolute Gasteiger partial charge is 0.129 e. The maximum Gasteiger partial charge on any atom is 0.129 e. The molecule has 6 heteroatoms. The van der Waals surface area contributed by atoms with Crippen LogP contribution in [0.3, 0.4) is 0 Å². The molecule has 1 aliphatic heterocycles. The molecule has 0 unspecified atom stereocenters. The highest BCUT2D eigenvalue weighted by Gasteiger charge is 2.22. The van der Waals surface area contributed by atoms with Gasteiger partial charge < -0.3 is 23.9 Å². The molecule has 1 aromatic rings. The molecular formula is C15H26N2O4. The Labute approximate surface area is 126 Å². The van der Waals surface area contributed by atoms with Crippen molar-refractivity contribution >= 4 is 0 Å². The van der Waals surface area contributed by atoms with E-state index in [1.807, 2.05) is 26.2 Å². The van der Waals surface area contributed by atoms with Gasteiger partial charge in [0.1, 0.15) is 12.4 Å². The zero-order chi connectivity index (χ0) is 15.1. The number of aliphatic hydroxyl groups is 1. The molecule has 1 aliphatic rings. The van der Waals surface area contributed by atoms with Gasteiger partial charge in [-0.1, -0.05) is 0 Å². The van der Waals surface area contributed by atoms with Crippen molar-refractivity contribution in [1.82, 2.24) is 9.80 Å². The van der Waals surface area contributed by atoms with E-state index in [1.54, 1.807) is 6.26 Å². The predicted molar refractivity (Wildman–Crippen MR) is 79.1 cm³/mol. The summed E-state index contributed by atoms with van der Waals surface area (Å²) in [5.74, 6) is 0.777. The van der Waals surface area contributed by atoms with E-state index in [0.29, 0.717) is 19.8 Å². The summed E-state index contributed by atoms with van der Waals surface area (Å²) < 4.78 is 16.4. The molecule has 120 valence electrons. The molecule has 2 heterocycles. The second-order valence-electron chi connectivity index (χ2n) is 5.76. The summed E-state index contributed by atoms with van der Waals surface area (Å²) in [6.07, 6.45) is 1.34. The molecular weight excluding hydrogens is 272 g/mol. The lowest BCUT2D eigenvalue weighted by Gasteiger charge is -2.35. The second kappa shape index (κ2) is 8.51. The molecule has 1 N–H and O–H groups in total. The van der Waals surface area contributed by atoms with Crippen molar-refractivity contribution in [2.24, 2.45) is 0 Å². The molecule has 1 aromatic heterocycles. The molecule has 1 saturated heterocycles. The Morgan fingerprint density at radius 2 is 2.38 bits per heavy atom. The zero-order valence-corrected chi connectivity index (χ0v) is 12.9. The summed E-state index contributed by atoms with van der Waals surface area (Å²) in [5, 5.41) is 10.0. The highest BCUT2D eigenvalue weighted by Crippen LogP contribution is 2.08. The van der Waals surface area contributed by atoms with Crippen molar-refractivity contribution in [3.63, 3.8) is 0 Å². The molecule has 0 amide bonds. The maximum atomic E-state index is 10.0. The van der Waals surface area contributed by atoms with E-state index in [0.717, 1.165) is 32.0 Å². The third-order valence-electron chi connectivity index (χ3n) is 3.40. The van der Waals surface area contributed by atoms with Gasteiger partial charge in [0.15, 0.2) is 0 Å². The van der Waals surface area contributed by atoms with Crippen LogP contribution in [-0.2, 0) is 16.1 Å². The third kappa shape index (κ3) is 6.15. The lowest BCUT2D eigenvalue weighted by atomic mass is 10.2. The number of hydrogen-bond acceptors (Lipinski definition) is 6. The van der Waals surface area contributed by atoms with E-state index in [-0.39, 0.29) is 6.10 Å². The number of likely N-dealkylation sites (N-methyl/N-ethyl adjacent to an activating group) is 1. The third-order valence-corrected chi connectivity index (χ3v) is 3.40. The van der Waals surface area contributed by atoms with E-state index in [2.05, 4.69) is 9.80 Å². The van der Waals surface area contributed by atoms with Crippen LogP contribution in [0.5, 0.6) is 0 Å². The topological polar surface area (TPSA) is 58.3 Å². The van der Waals surface area contributed by atoms with Gasteiger partial charge in [0.2, 0.25) is 0 Å². The summed E-state index contributed by atoms with van der Waals surface area (Å²) in [5.41, 5.74) is 0. The molecule has 0 spiro atoms. The van der Waals surface area contributed by atoms with Crippen molar-refractivity contribution in [3.05, 3.63) is 24.2 Å². The Bertz CT molecular complexity index is 383. The van der Waals surface area contributed by atoms with Crippen LogP contribution in [-0.4, -0.2) is 80.6 Å². The number of rotatable bonds is 8. The summed E-state index contributed by atoms with van der Waals surface area (Å²) in [6, 6.07) is 3.69. The van der Waals surface area contributed by atoms with E-state index in [1.165, 1.54) is 0 Å². The first-order chi connectivity index (χ1) is 10.1. The minimum absolute atomic E-state index is 0.213. The van der Waals surface area contributed by atoms with Crippen molar-refractivity contribution in [1.29, 1.82) is 0 Å². The van der Waals surface area contributed by atoms with Crippen LogP contribution >= 0.6 is 0 Å². The zero-order valence-electron chi connectivity index (χ0n) is 12.9. The van der Waals surface area contributed by atoms with Gasteiger partial charge in [0.05, 0.1) is 31.7 Å². The fraction of sp³-hybridized carbons (Fsp3) is 0.733. The van der Waals surface area contributed by atoms with Gasteiger partial charge in [-0.15, -0.1) is 0 Å². The van der Waals surface area contributed by atoms with Crippen LogP contribution in [0.15, 0.2) is 22.8 Å². The largest absolute Gasteiger partial charge is 0.467 e. The first-order valence-electron chi connectivity index (χ1n) is 7.40. The summed E-state index contributed by atoms with van der Waals surface area (Å²) in [6.45, 7) is 4.67. The number of hydrogen-bond donors (Lipinski definition) is 1. The Balaban J connectivity index is 1.63. The van der Waals surface area contributed by atoms with Crippen LogP contribution in [0.1, 0.15) is 5.76 Å². The lowest BCUT2D eigenvalue weighted by molar-refractivity contribution is -0.0590. The van der Waals surface area contributed by atoms with Gasteiger partial charge in [-0.05, 0) is 26.2 Å². The number of ether oxygens (including phenoxy) is 2. The van der Waals surface area contributed by atoms with Crippen molar-refractivity contribution < 1.29 is 19.0 Å². The second-order valence-corrected chi connectivity index (χ2v) is 5.76. The Morgan fingerprint density at radius 1 is 1.52 bits per heavy atom. The standard InChI is InChI=1S/C15H26N2O4/c1-16(2)9-15-10-17(5-7-21-15)8-13(18)11-19-12-14-4-3-6-20-14/h3-4,6,13,15,18H,5,7-12H2,1-2H3/t13-,15+/m0/s1. The Morgan fingerprint density at radius 3 is 3.10 bits per heavy atom. The monoisotopic (exact) mass is 298 g/mol. The van der Waals surface area contributed by atoms with Crippen LogP contribution in [0.2, 0.25) is 0 Å². The average Bonchev–Trinajstić information content (AvgIpc) is 2.91. The number of β-amino-alcohol motifs (C(OH)–C–C–N with tert-alkyl or cyclic N) is 1. The van der Waals surface area contributed by atoms with E-state index < -0.39 is 6.10 Å². The molecule has 0 saturated carbocycles. The maximum absolute atomic E-state index is 10.0. The number of nitrogens with zero attached hydrogens (tertiary/aromatic N) is 2. The minimum Gasteiger partial charge on any atom is -0.467 e. The molecule has 2 atom stereocenters. The summed E-state index contributed by atoms with van der Waals surface area (Å²) in [4.78, 5) is 4.36. The van der Waals surface area contributed by atoms with Gasteiger partial charge in [0, 0.05) is 26.2 Å². The van der Waals surface area contributed by atoms with E-state index in [4.69, 9.17) is 13.9 Å². The van der Waals surface area contributed by atoms with E-state index >= 15 is 0 Å². The van der Waals surface area contributed by atoms with Crippen molar-refractivity contribution in [2.75, 3.05) is 53.5 Å². The highest BCUT2D eigenvalue weighted by atomic mass is 16.5. The normalized spacial score (nSPS) is 21.8. The van der Waals surface area contributed by atoms with Gasteiger partial charge >= 0.3 is 0 Å². The SMILES string of the molecule is CN(C)C[C@@H]1CN(C[C@H](O)COCc2ccco2)CCO1. The van der Waals surface area contributed by atoms with E-state index in [9.17, 15) is 5.11 Å². The van der Waals surface area contributed by atoms with Crippen LogP contribution < -0.4 is 0 Å². The van der Waals surface area contributed by atoms with Crippen LogP contribution in [0, 0.1) is 0 Å². The van der Waals surface area contributed by atoms with Crippen molar-refractivity contribution in [3.8, 4) is 0 Å². The molecule has 2 rings (SSSR count). The molecule has 6 nitrogen and oxygen atoms in total. The molecule has 1 fully saturated rings. The van der Waals surface area contributed by atoms with Crippen LogP contribution in [0.4, 0.5) is 0 Å². The summed E-state index contributed by atoms with van der Waals surface area (Å²) >= 11 is 0. The fourth-order valence-corrected chi connectivity index (χ4v) is 2.50. The number of morpholine rings is 1. The Kier molecular flexibility index (Phi) is 6.66. The molecule has 0 aliphatic carbocycles. The Hall–Kier alpha value is -0.920. The van der Waals surface area contributed by atoms with Crippen LogP contribution in [0.25, 0.3) is 0 Å². The minimum atomic E-state index is -0.488. The first kappa shape index (κ1) is 16.5. The number of aliphatic hydroxyl groups excluding tert-OH is 1. The predicted octanol–water partition coefficient (Wildman–Crippen LogP) is 0.420. The quantitative estimate of drug-likeness (QED) is 0.751. The van der Waals surface area contributed by atoms with Gasteiger partial charge in [-0.25, -0.2) is 0 Å². The molecule has 0 bridgehead atoms. The van der Waals surface area contributed by atoms with Gasteiger partial charge in [-0.3, -0.25) is 4.90 Å².